The predicted molar refractivity (Wildman–Crippen MR) is 116 cm³/mol. The first kappa shape index (κ1) is 30.6. The molecular weight excluding hydrogens is 427 g/mol. The Kier molecular flexibility index (Phi) is 21.8. The van der Waals surface area contributed by atoms with E-state index in [-0.39, 0.29) is 44.1 Å². The molecule has 32 heavy (non-hydrogen) atoms. The van der Waals surface area contributed by atoms with Crippen LogP contribution in [0.1, 0.15) is 20.8 Å². The van der Waals surface area contributed by atoms with Gasteiger partial charge in [0.1, 0.15) is 12.8 Å². The van der Waals surface area contributed by atoms with Crippen LogP contribution in [-0.4, -0.2) is 110 Å². The zero-order valence-electron chi connectivity index (χ0n) is 19.7. The lowest BCUT2D eigenvalue weighted by Crippen LogP contribution is -2.35. The van der Waals surface area contributed by atoms with Gasteiger partial charge in [0, 0.05) is 19.1 Å². The Bertz CT molecular complexity index is 458. The Morgan fingerprint density at radius 1 is 0.750 bits per heavy atom. The summed E-state index contributed by atoms with van der Waals surface area (Å²) in [6.45, 7) is 9.86. The lowest BCUT2D eigenvalue weighted by atomic mass is 10.2. The van der Waals surface area contributed by atoms with E-state index in [9.17, 15) is 14.0 Å². The number of halogens is 1. The Morgan fingerprint density at radius 2 is 1.25 bits per heavy atom. The Labute approximate surface area is 190 Å². The van der Waals surface area contributed by atoms with E-state index >= 15 is 0 Å². The summed E-state index contributed by atoms with van der Waals surface area (Å²) >= 11 is 0. The normalized spacial score (nSPS) is 12.2. The Morgan fingerprint density at radius 3 is 1.75 bits per heavy atom. The fourth-order valence-electron chi connectivity index (χ4n) is 2.07. The molecule has 0 spiro atoms. The summed E-state index contributed by atoms with van der Waals surface area (Å²) in [4.78, 5) is 22.6. The first-order valence-electron chi connectivity index (χ1n) is 11.1. The van der Waals surface area contributed by atoms with Crippen molar-refractivity contribution in [2.24, 2.45) is 5.92 Å². The van der Waals surface area contributed by atoms with Crippen LogP contribution < -0.4 is 10.6 Å². The third-order valence-corrected chi connectivity index (χ3v) is 3.81. The summed E-state index contributed by atoms with van der Waals surface area (Å²) < 4.78 is 45.1. The highest BCUT2D eigenvalue weighted by Gasteiger charge is 2.11. The van der Waals surface area contributed by atoms with E-state index in [4.69, 9.17) is 28.4 Å². The summed E-state index contributed by atoms with van der Waals surface area (Å²) in [7, 11) is 0. The van der Waals surface area contributed by atoms with Crippen molar-refractivity contribution in [3.05, 3.63) is 0 Å². The number of rotatable bonds is 23. The van der Waals surface area contributed by atoms with E-state index in [0.717, 1.165) is 0 Å². The average molecular weight is 469 g/mol. The minimum atomic E-state index is -1.24. The van der Waals surface area contributed by atoms with Crippen molar-refractivity contribution in [2.45, 2.75) is 26.9 Å². The topological polar surface area (TPSA) is 114 Å². The Hall–Kier alpha value is -1.37. The number of nitrogens with one attached hydrogen (secondary N) is 2. The van der Waals surface area contributed by atoms with E-state index in [1.807, 2.05) is 6.92 Å². The molecule has 1 unspecified atom stereocenters. The minimum Gasteiger partial charge on any atom is -0.377 e. The largest absolute Gasteiger partial charge is 0.377 e. The van der Waals surface area contributed by atoms with Gasteiger partial charge in [0.05, 0.1) is 72.6 Å². The number of hydrogen-bond acceptors (Lipinski definition) is 8. The SMILES string of the molecule is CCOCC(=O)NCCOCCOCCOCCOCCOCC(F)CNC(=O)C(C)C. The third kappa shape index (κ3) is 21.8. The van der Waals surface area contributed by atoms with Gasteiger partial charge >= 0.3 is 0 Å². The fraction of sp³-hybridized carbons (Fsp3) is 0.905. The molecule has 0 aliphatic heterocycles. The van der Waals surface area contributed by atoms with Crippen LogP contribution in [0.15, 0.2) is 0 Å². The van der Waals surface area contributed by atoms with Crippen molar-refractivity contribution in [3.63, 3.8) is 0 Å². The lowest BCUT2D eigenvalue weighted by molar-refractivity contribution is -0.126. The summed E-state index contributed by atoms with van der Waals surface area (Å²) in [5, 5.41) is 5.20. The molecule has 2 amide bonds. The third-order valence-electron chi connectivity index (χ3n) is 3.81. The molecule has 0 aromatic rings. The van der Waals surface area contributed by atoms with Gasteiger partial charge in [-0.3, -0.25) is 9.59 Å². The van der Waals surface area contributed by atoms with Gasteiger partial charge in [-0.2, -0.15) is 0 Å². The van der Waals surface area contributed by atoms with Crippen LogP contribution in [0.3, 0.4) is 0 Å². The minimum absolute atomic E-state index is 0.0485. The Balaban J connectivity index is 3.21. The number of carbonyl (C=O) groups is 2. The maximum absolute atomic E-state index is 13.5. The molecule has 2 N–H and O–H groups in total. The first-order valence-corrected chi connectivity index (χ1v) is 11.1. The summed E-state index contributed by atoms with van der Waals surface area (Å²) in [5.41, 5.74) is 0. The van der Waals surface area contributed by atoms with Crippen molar-refractivity contribution < 1.29 is 42.4 Å². The second-order valence-electron chi connectivity index (χ2n) is 7.01. The number of ether oxygens (including phenoxy) is 6. The summed E-state index contributed by atoms with van der Waals surface area (Å²) in [6.07, 6.45) is -1.24. The second kappa shape index (κ2) is 22.8. The van der Waals surface area contributed by atoms with Crippen molar-refractivity contribution in [3.8, 4) is 0 Å². The number of carbonyl (C=O) groups excluding carboxylic acids is 2. The molecule has 0 rings (SSSR count). The fourth-order valence-corrected chi connectivity index (χ4v) is 2.07. The number of hydrogen-bond donors (Lipinski definition) is 2. The van der Waals surface area contributed by atoms with Gasteiger partial charge in [-0.25, -0.2) is 4.39 Å². The lowest BCUT2D eigenvalue weighted by Gasteiger charge is -2.12. The molecule has 0 radical (unpaired) electrons. The van der Waals surface area contributed by atoms with Crippen molar-refractivity contribution in [1.82, 2.24) is 10.6 Å². The molecule has 0 heterocycles. The van der Waals surface area contributed by atoms with E-state index in [1.54, 1.807) is 13.8 Å². The maximum Gasteiger partial charge on any atom is 0.246 e. The van der Waals surface area contributed by atoms with E-state index in [1.165, 1.54) is 0 Å². The van der Waals surface area contributed by atoms with Crippen LogP contribution in [0, 0.1) is 5.92 Å². The molecule has 1 atom stereocenters. The zero-order valence-corrected chi connectivity index (χ0v) is 19.7. The average Bonchev–Trinajstić information content (AvgIpc) is 2.77. The molecule has 0 saturated heterocycles. The molecule has 0 fully saturated rings. The van der Waals surface area contributed by atoms with Crippen molar-refractivity contribution >= 4 is 11.8 Å². The second-order valence-corrected chi connectivity index (χ2v) is 7.01. The van der Waals surface area contributed by atoms with Gasteiger partial charge in [0.15, 0.2) is 0 Å². The van der Waals surface area contributed by atoms with Crippen LogP contribution in [0.5, 0.6) is 0 Å². The molecule has 10 nitrogen and oxygen atoms in total. The predicted octanol–water partition coefficient (Wildman–Crippen LogP) is 0.332. The van der Waals surface area contributed by atoms with Gasteiger partial charge in [-0.1, -0.05) is 13.8 Å². The van der Waals surface area contributed by atoms with Crippen LogP contribution in [0.25, 0.3) is 0 Å². The van der Waals surface area contributed by atoms with Gasteiger partial charge in [0.25, 0.3) is 0 Å². The van der Waals surface area contributed by atoms with Crippen molar-refractivity contribution in [2.75, 3.05) is 92.4 Å². The highest BCUT2D eigenvalue weighted by Crippen LogP contribution is 1.94. The zero-order chi connectivity index (χ0) is 23.9. The molecule has 11 heteroatoms. The monoisotopic (exact) mass is 468 g/mol. The van der Waals surface area contributed by atoms with Crippen LogP contribution in [-0.2, 0) is 38.0 Å². The molecule has 0 bridgehead atoms. The van der Waals surface area contributed by atoms with Crippen LogP contribution in [0.2, 0.25) is 0 Å². The number of alkyl halides is 1. The van der Waals surface area contributed by atoms with Crippen LogP contribution in [0.4, 0.5) is 4.39 Å². The van der Waals surface area contributed by atoms with Gasteiger partial charge in [0.2, 0.25) is 11.8 Å². The summed E-state index contributed by atoms with van der Waals surface area (Å²) in [5.74, 6) is -0.495. The van der Waals surface area contributed by atoms with E-state index in [2.05, 4.69) is 10.6 Å². The molecule has 0 aromatic heterocycles. The van der Waals surface area contributed by atoms with E-state index in [0.29, 0.717) is 66.0 Å². The van der Waals surface area contributed by atoms with E-state index < -0.39 is 6.17 Å². The first-order chi connectivity index (χ1) is 15.5. The van der Waals surface area contributed by atoms with Gasteiger partial charge in [-0.05, 0) is 6.92 Å². The maximum atomic E-state index is 13.5. The smallest absolute Gasteiger partial charge is 0.246 e. The van der Waals surface area contributed by atoms with Crippen LogP contribution >= 0.6 is 0 Å². The summed E-state index contributed by atoms with van der Waals surface area (Å²) in [6, 6.07) is 0. The molecule has 0 aromatic carbocycles. The highest BCUT2D eigenvalue weighted by molar-refractivity contribution is 5.77. The number of amides is 2. The molecule has 0 aliphatic carbocycles. The molecule has 190 valence electrons. The van der Waals surface area contributed by atoms with Crippen molar-refractivity contribution in [1.29, 1.82) is 0 Å². The highest BCUT2D eigenvalue weighted by atomic mass is 19.1. The molecular formula is C21H41FN2O8. The standard InChI is InChI=1S/C21H41FN2O8/c1-4-27-17-20(25)23-5-6-28-7-8-29-9-10-30-11-12-31-13-14-32-16-19(22)15-24-21(26)18(2)3/h18-19H,4-17H2,1-3H3,(H,23,25)(H,24,26). The molecule has 0 aliphatic rings. The van der Waals surface area contributed by atoms with Gasteiger partial charge in [-0.15, -0.1) is 0 Å². The quantitative estimate of drug-likeness (QED) is 0.206. The van der Waals surface area contributed by atoms with Gasteiger partial charge < -0.3 is 39.1 Å². The molecule has 0 saturated carbocycles.